The van der Waals surface area contributed by atoms with Crippen molar-refractivity contribution in [1.82, 2.24) is 3.93 Å². The maximum atomic E-state index is 5.32. The Morgan fingerprint density at radius 3 is 2.82 bits per heavy atom. The Balaban J connectivity index is 2.39. The summed E-state index contributed by atoms with van der Waals surface area (Å²) in [4.78, 5) is 0. The third-order valence-corrected chi connectivity index (χ3v) is 4.22. The van der Waals surface area contributed by atoms with Crippen molar-refractivity contribution in [3.8, 4) is 5.75 Å². The van der Waals surface area contributed by atoms with Crippen LogP contribution in [0.2, 0.25) is 0 Å². The molecule has 1 aromatic carbocycles. The number of rotatable bonds is 2. The van der Waals surface area contributed by atoms with Crippen LogP contribution in [0.1, 0.15) is 30.9 Å². The highest BCUT2D eigenvalue weighted by Gasteiger charge is 2.24. The molecule has 0 aromatic heterocycles. The molecule has 1 heterocycles. The van der Waals surface area contributed by atoms with E-state index in [9.17, 15) is 0 Å². The van der Waals surface area contributed by atoms with Gasteiger partial charge in [0.2, 0.25) is 0 Å². The van der Waals surface area contributed by atoms with Crippen molar-refractivity contribution in [2.24, 2.45) is 5.92 Å². The molecule has 0 fully saturated rings. The van der Waals surface area contributed by atoms with E-state index in [1.807, 2.05) is 0 Å². The first-order valence-electron chi connectivity index (χ1n) is 6.19. The van der Waals surface area contributed by atoms with Crippen molar-refractivity contribution in [1.29, 1.82) is 0 Å². The molecular weight excluding hydrogens is 278 g/mol. The van der Waals surface area contributed by atoms with Crippen LogP contribution in [0.15, 0.2) is 18.2 Å². The van der Waals surface area contributed by atoms with Crippen LogP contribution in [0.25, 0.3) is 0 Å². The van der Waals surface area contributed by atoms with Crippen molar-refractivity contribution in [3.63, 3.8) is 0 Å². The van der Waals surface area contributed by atoms with E-state index in [0.29, 0.717) is 11.8 Å². The van der Waals surface area contributed by atoms with Gasteiger partial charge < -0.3 is 4.74 Å². The number of fused-ring (bicyclic) bond motifs is 1. The zero-order valence-corrected chi connectivity index (χ0v) is 12.3. The fraction of sp³-hybridized carbons (Fsp3) is 0.571. The van der Waals surface area contributed by atoms with Gasteiger partial charge in [0.1, 0.15) is 5.75 Å². The van der Waals surface area contributed by atoms with Crippen molar-refractivity contribution in [2.75, 3.05) is 20.2 Å². The van der Waals surface area contributed by atoms with Crippen LogP contribution in [0, 0.1) is 5.92 Å². The van der Waals surface area contributed by atoms with Crippen molar-refractivity contribution >= 4 is 16.1 Å². The van der Waals surface area contributed by atoms with Crippen molar-refractivity contribution in [3.05, 3.63) is 29.3 Å². The fourth-order valence-electron chi connectivity index (χ4n) is 2.50. The quantitative estimate of drug-likeness (QED) is 0.774. The predicted molar refractivity (Wildman–Crippen MR) is 74.8 cm³/mol. The summed E-state index contributed by atoms with van der Waals surface area (Å²) in [7, 11) is 1.73. The molecule has 1 unspecified atom stereocenters. The normalized spacial score (nSPS) is 21.1. The lowest BCUT2D eigenvalue weighted by atomic mass is 9.86. The van der Waals surface area contributed by atoms with Gasteiger partial charge in [-0.1, -0.05) is 19.9 Å². The highest BCUT2D eigenvalue weighted by molar-refractivity contribution is 9.07. The second kappa shape index (κ2) is 5.40. The zero-order valence-electron chi connectivity index (χ0n) is 10.7. The van der Waals surface area contributed by atoms with Gasteiger partial charge in [-0.2, -0.15) is 0 Å². The summed E-state index contributed by atoms with van der Waals surface area (Å²) in [5.41, 5.74) is 2.92. The Hall–Kier alpha value is -0.540. The number of hydrogen-bond donors (Lipinski definition) is 0. The third-order valence-electron chi connectivity index (χ3n) is 3.57. The van der Waals surface area contributed by atoms with E-state index in [1.54, 1.807) is 7.11 Å². The highest BCUT2D eigenvalue weighted by atomic mass is 79.9. The van der Waals surface area contributed by atoms with Crippen LogP contribution in [0.4, 0.5) is 0 Å². The van der Waals surface area contributed by atoms with Gasteiger partial charge in [-0.25, -0.2) is 3.93 Å². The van der Waals surface area contributed by atoms with Gasteiger partial charge in [0.15, 0.2) is 0 Å². The fourth-order valence-corrected chi connectivity index (χ4v) is 2.99. The monoisotopic (exact) mass is 297 g/mol. The summed E-state index contributed by atoms with van der Waals surface area (Å²) >= 11 is 3.64. The molecule has 0 N–H and O–H groups in total. The summed E-state index contributed by atoms with van der Waals surface area (Å²) in [6.45, 7) is 6.73. The van der Waals surface area contributed by atoms with Crippen LogP contribution in [0.5, 0.6) is 5.75 Å². The number of hydrogen-bond acceptors (Lipinski definition) is 2. The lowest BCUT2D eigenvalue weighted by Gasteiger charge is -2.23. The smallest absolute Gasteiger partial charge is 0.119 e. The molecule has 1 aliphatic heterocycles. The molecule has 0 bridgehead atoms. The highest BCUT2D eigenvalue weighted by Crippen LogP contribution is 2.34. The molecule has 0 amide bonds. The molecule has 0 spiro atoms. The standard InChI is InChI=1S/C14H20BrNO/c1-10(2)14-9-16(15)7-6-11-8-12(17-3)4-5-13(11)14/h4-5,8,10,14H,6-7,9H2,1-3H3. The molecule has 2 rings (SSSR count). The number of methoxy groups -OCH3 is 1. The van der Waals surface area contributed by atoms with E-state index >= 15 is 0 Å². The molecule has 1 aliphatic rings. The summed E-state index contributed by atoms with van der Waals surface area (Å²) in [5, 5.41) is 0. The molecular formula is C14H20BrNO. The molecule has 1 aromatic rings. The Morgan fingerprint density at radius 2 is 2.18 bits per heavy atom. The van der Waals surface area contributed by atoms with Crippen LogP contribution in [-0.4, -0.2) is 24.1 Å². The number of halogens is 1. The lowest BCUT2D eigenvalue weighted by molar-refractivity contribution is 0.398. The average molecular weight is 298 g/mol. The van der Waals surface area contributed by atoms with Gasteiger partial charge in [0, 0.05) is 35.2 Å². The molecule has 17 heavy (non-hydrogen) atoms. The minimum atomic E-state index is 0.595. The Kier molecular flexibility index (Phi) is 4.10. The first-order valence-corrected chi connectivity index (χ1v) is 6.90. The van der Waals surface area contributed by atoms with E-state index in [4.69, 9.17) is 4.74 Å². The van der Waals surface area contributed by atoms with Crippen LogP contribution in [-0.2, 0) is 6.42 Å². The minimum absolute atomic E-state index is 0.595. The lowest BCUT2D eigenvalue weighted by Crippen LogP contribution is -2.21. The maximum Gasteiger partial charge on any atom is 0.119 e. The Morgan fingerprint density at radius 1 is 1.41 bits per heavy atom. The first-order chi connectivity index (χ1) is 8.11. The van der Waals surface area contributed by atoms with Crippen LogP contribution in [0.3, 0.4) is 0 Å². The molecule has 1 atom stereocenters. The van der Waals surface area contributed by atoms with Crippen LogP contribution >= 0.6 is 16.1 Å². The number of benzene rings is 1. The predicted octanol–water partition coefficient (Wildman–Crippen LogP) is 3.60. The Bertz CT molecular complexity index is 392. The number of ether oxygens (including phenoxy) is 1. The minimum Gasteiger partial charge on any atom is -0.497 e. The summed E-state index contributed by atoms with van der Waals surface area (Å²) in [6.07, 6.45) is 1.08. The van der Waals surface area contributed by atoms with E-state index in [2.05, 4.69) is 52.1 Å². The van der Waals surface area contributed by atoms with Gasteiger partial charge in [0.05, 0.1) is 7.11 Å². The Labute approximate surface area is 112 Å². The average Bonchev–Trinajstić information content (AvgIpc) is 2.48. The second-order valence-corrected chi connectivity index (χ2v) is 6.04. The van der Waals surface area contributed by atoms with Gasteiger partial charge in [-0.05, 0) is 35.6 Å². The third kappa shape index (κ3) is 2.83. The number of nitrogens with zero attached hydrogens (tertiary/aromatic N) is 1. The van der Waals surface area contributed by atoms with E-state index in [-0.39, 0.29) is 0 Å². The topological polar surface area (TPSA) is 12.5 Å². The summed E-state index contributed by atoms with van der Waals surface area (Å²) in [6, 6.07) is 6.51. The summed E-state index contributed by atoms with van der Waals surface area (Å²) < 4.78 is 7.57. The molecule has 3 heteroatoms. The zero-order chi connectivity index (χ0) is 12.4. The molecule has 0 aliphatic carbocycles. The van der Waals surface area contributed by atoms with E-state index in [1.165, 1.54) is 11.1 Å². The van der Waals surface area contributed by atoms with E-state index in [0.717, 1.165) is 25.3 Å². The van der Waals surface area contributed by atoms with Crippen molar-refractivity contribution < 1.29 is 4.74 Å². The molecule has 0 radical (unpaired) electrons. The first kappa shape index (κ1) is 12.9. The SMILES string of the molecule is COc1ccc2c(c1)CCN(Br)CC2C(C)C. The molecule has 94 valence electrons. The maximum absolute atomic E-state index is 5.32. The van der Waals surface area contributed by atoms with Gasteiger partial charge in [0.25, 0.3) is 0 Å². The van der Waals surface area contributed by atoms with Gasteiger partial charge in [-0.3, -0.25) is 0 Å². The van der Waals surface area contributed by atoms with Gasteiger partial charge in [-0.15, -0.1) is 0 Å². The second-order valence-electron chi connectivity index (χ2n) is 5.03. The largest absolute Gasteiger partial charge is 0.497 e. The molecule has 0 saturated carbocycles. The molecule has 2 nitrogen and oxygen atoms in total. The van der Waals surface area contributed by atoms with E-state index < -0.39 is 0 Å². The summed E-state index contributed by atoms with van der Waals surface area (Å²) in [5.74, 6) is 2.22. The molecule has 0 saturated heterocycles. The van der Waals surface area contributed by atoms with Crippen molar-refractivity contribution in [2.45, 2.75) is 26.2 Å². The van der Waals surface area contributed by atoms with Crippen LogP contribution < -0.4 is 4.74 Å². The van der Waals surface area contributed by atoms with Gasteiger partial charge >= 0.3 is 0 Å².